The van der Waals surface area contributed by atoms with Crippen LogP contribution >= 0.6 is 0 Å². The van der Waals surface area contributed by atoms with Gasteiger partial charge in [0.2, 0.25) is 17.7 Å². The monoisotopic (exact) mass is 437 g/mol. The van der Waals surface area contributed by atoms with Crippen LogP contribution in [0.1, 0.15) is 72.1 Å². The van der Waals surface area contributed by atoms with Crippen LogP contribution in [0.4, 0.5) is 0 Å². The molecule has 3 N–H and O–H groups in total. The van der Waals surface area contributed by atoms with Gasteiger partial charge in [0.1, 0.15) is 11.6 Å². The summed E-state index contributed by atoms with van der Waals surface area (Å²) in [6, 6.07) is -0.686. The fraction of sp³-hybridized carbons (Fsp3) is 0.870. The number of carbonyl (C=O) groups excluding carboxylic acids is 3. The minimum absolute atomic E-state index is 0.0153. The SMILES string of the molecule is CCCNC(=O)[C@@H]1[C@@H]2CCC3(O2)C(C(=O)NC(C)CCC)N(CCCCCO)C(=O)[C@H]13. The molecule has 8 nitrogen and oxygen atoms in total. The summed E-state index contributed by atoms with van der Waals surface area (Å²) < 4.78 is 6.38. The molecule has 1 spiro atoms. The first-order valence-electron chi connectivity index (χ1n) is 12.1. The normalized spacial score (nSPS) is 32.3. The van der Waals surface area contributed by atoms with E-state index in [1.165, 1.54) is 0 Å². The van der Waals surface area contributed by atoms with Crippen molar-refractivity contribution in [3.05, 3.63) is 0 Å². The summed E-state index contributed by atoms with van der Waals surface area (Å²) in [5.74, 6) is -1.57. The Kier molecular flexibility index (Phi) is 7.97. The highest BCUT2D eigenvalue weighted by atomic mass is 16.5. The average Bonchev–Trinajstić information content (AvgIpc) is 3.37. The van der Waals surface area contributed by atoms with Crippen LogP contribution in [-0.2, 0) is 19.1 Å². The number of nitrogens with one attached hydrogen (secondary N) is 2. The van der Waals surface area contributed by atoms with Crippen molar-refractivity contribution in [1.29, 1.82) is 0 Å². The smallest absolute Gasteiger partial charge is 0.246 e. The van der Waals surface area contributed by atoms with Crippen LogP contribution in [0.3, 0.4) is 0 Å². The van der Waals surface area contributed by atoms with Gasteiger partial charge in [0.05, 0.1) is 17.9 Å². The molecule has 3 rings (SSSR count). The van der Waals surface area contributed by atoms with Crippen LogP contribution in [0.5, 0.6) is 0 Å². The highest BCUT2D eigenvalue weighted by Gasteiger charge is 2.74. The van der Waals surface area contributed by atoms with E-state index < -0.39 is 23.5 Å². The molecule has 0 aromatic carbocycles. The van der Waals surface area contributed by atoms with Crippen LogP contribution < -0.4 is 10.6 Å². The fourth-order valence-electron chi connectivity index (χ4n) is 5.76. The van der Waals surface area contributed by atoms with Gasteiger partial charge >= 0.3 is 0 Å². The van der Waals surface area contributed by atoms with Gasteiger partial charge in [-0.1, -0.05) is 20.3 Å². The number of ether oxygens (including phenoxy) is 1. The molecule has 0 saturated carbocycles. The summed E-state index contributed by atoms with van der Waals surface area (Å²) in [6.45, 7) is 7.17. The summed E-state index contributed by atoms with van der Waals surface area (Å²) >= 11 is 0. The molecule has 3 fully saturated rings. The predicted molar refractivity (Wildman–Crippen MR) is 116 cm³/mol. The van der Waals surface area contributed by atoms with Crippen molar-refractivity contribution in [3.8, 4) is 0 Å². The second kappa shape index (κ2) is 10.3. The summed E-state index contributed by atoms with van der Waals surface area (Å²) in [5.41, 5.74) is -0.914. The van der Waals surface area contributed by atoms with Crippen molar-refractivity contribution in [2.24, 2.45) is 11.8 Å². The van der Waals surface area contributed by atoms with Crippen molar-refractivity contribution in [1.82, 2.24) is 15.5 Å². The number of amides is 3. The largest absolute Gasteiger partial charge is 0.396 e. The molecule has 3 saturated heterocycles. The lowest BCUT2D eigenvalue weighted by Crippen LogP contribution is -2.56. The van der Waals surface area contributed by atoms with E-state index in [2.05, 4.69) is 17.6 Å². The molecule has 3 unspecified atom stereocenters. The van der Waals surface area contributed by atoms with E-state index in [1.54, 1.807) is 4.90 Å². The van der Waals surface area contributed by atoms with E-state index in [-0.39, 0.29) is 36.5 Å². The number of carbonyl (C=O) groups is 3. The molecular weight excluding hydrogens is 398 g/mol. The topological polar surface area (TPSA) is 108 Å². The Morgan fingerprint density at radius 2 is 2.00 bits per heavy atom. The molecular formula is C23H39N3O5. The number of aliphatic hydroxyl groups is 1. The maximum absolute atomic E-state index is 13.6. The van der Waals surface area contributed by atoms with Crippen LogP contribution in [0.15, 0.2) is 0 Å². The lowest BCUT2D eigenvalue weighted by atomic mass is 9.70. The maximum atomic E-state index is 13.6. The fourth-order valence-corrected chi connectivity index (χ4v) is 5.76. The van der Waals surface area contributed by atoms with E-state index >= 15 is 0 Å². The van der Waals surface area contributed by atoms with E-state index in [0.29, 0.717) is 38.8 Å². The van der Waals surface area contributed by atoms with Gasteiger partial charge in [0.15, 0.2) is 0 Å². The minimum Gasteiger partial charge on any atom is -0.396 e. The molecule has 0 aliphatic carbocycles. The molecule has 6 atom stereocenters. The Bertz CT molecular complexity index is 672. The lowest BCUT2D eigenvalue weighted by Gasteiger charge is -2.34. The van der Waals surface area contributed by atoms with Gasteiger partial charge in [0.25, 0.3) is 0 Å². The summed E-state index contributed by atoms with van der Waals surface area (Å²) in [6.07, 6.45) is 5.83. The number of likely N-dealkylation sites (tertiary alicyclic amines) is 1. The maximum Gasteiger partial charge on any atom is 0.246 e. The lowest BCUT2D eigenvalue weighted by molar-refractivity contribution is -0.142. The number of hydrogen-bond donors (Lipinski definition) is 3. The molecule has 8 heteroatoms. The second-order valence-electron chi connectivity index (χ2n) is 9.36. The number of rotatable bonds is 12. The molecule has 0 radical (unpaired) electrons. The summed E-state index contributed by atoms with van der Waals surface area (Å²) in [4.78, 5) is 41.6. The third kappa shape index (κ3) is 4.46. The van der Waals surface area contributed by atoms with Crippen LogP contribution in [-0.4, -0.2) is 71.2 Å². The van der Waals surface area contributed by atoms with Gasteiger partial charge in [-0.05, 0) is 51.9 Å². The number of fused-ring (bicyclic) bond motifs is 1. The first-order chi connectivity index (χ1) is 14.9. The molecule has 2 bridgehead atoms. The van der Waals surface area contributed by atoms with E-state index in [0.717, 1.165) is 25.7 Å². The quantitative estimate of drug-likeness (QED) is 0.400. The molecule has 3 aliphatic heterocycles. The number of hydrogen-bond acceptors (Lipinski definition) is 5. The zero-order chi connectivity index (χ0) is 22.6. The zero-order valence-electron chi connectivity index (χ0n) is 19.2. The van der Waals surface area contributed by atoms with Gasteiger partial charge in [0, 0.05) is 25.7 Å². The van der Waals surface area contributed by atoms with Crippen LogP contribution in [0, 0.1) is 11.8 Å². The van der Waals surface area contributed by atoms with Gasteiger partial charge in [-0.2, -0.15) is 0 Å². The molecule has 176 valence electrons. The van der Waals surface area contributed by atoms with Crippen molar-refractivity contribution < 1.29 is 24.2 Å². The van der Waals surface area contributed by atoms with E-state index in [1.807, 2.05) is 13.8 Å². The Hall–Kier alpha value is -1.67. The van der Waals surface area contributed by atoms with Gasteiger partial charge < -0.3 is 25.4 Å². The molecule has 3 aliphatic rings. The van der Waals surface area contributed by atoms with Crippen LogP contribution in [0.25, 0.3) is 0 Å². The standard InChI is InChI=1S/C23H39N3O5/c1-4-9-15(3)25-21(29)19-23-11-10-16(31-23)17(20(28)24-12-5-2)18(23)22(30)26(19)13-7-6-8-14-27/h15-19,27H,4-14H2,1-3H3,(H,24,28)(H,25,29)/t15?,16-,17+,18-,19?,23?/m0/s1. The third-order valence-corrected chi connectivity index (χ3v) is 7.07. The van der Waals surface area contributed by atoms with Crippen molar-refractivity contribution in [2.45, 2.75) is 95.9 Å². The third-order valence-electron chi connectivity index (χ3n) is 7.07. The average molecular weight is 438 g/mol. The molecule has 31 heavy (non-hydrogen) atoms. The Labute approximate surface area is 185 Å². The minimum atomic E-state index is -0.914. The highest BCUT2D eigenvalue weighted by molar-refractivity contribution is 5.98. The first-order valence-corrected chi connectivity index (χ1v) is 12.1. The number of aliphatic hydroxyl groups excluding tert-OH is 1. The Morgan fingerprint density at radius 1 is 1.23 bits per heavy atom. The first kappa shape index (κ1) is 24.0. The molecule has 0 aromatic heterocycles. The molecule has 0 aromatic rings. The second-order valence-corrected chi connectivity index (χ2v) is 9.36. The van der Waals surface area contributed by atoms with E-state index in [9.17, 15) is 14.4 Å². The van der Waals surface area contributed by atoms with Crippen LogP contribution in [0.2, 0.25) is 0 Å². The summed E-state index contributed by atoms with van der Waals surface area (Å²) in [5, 5.41) is 15.1. The highest BCUT2D eigenvalue weighted by Crippen LogP contribution is 2.58. The van der Waals surface area contributed by atoms with Gasteiger partial charge in [-0.25, -0.2) is 0 Å². The molecule has 3 heterocycles. The van der Waals surface area contributed by atoms with Crippen molar-refractivity contribution in [2.75, 3.05) is 19.7 Å². The van der Waals surface area contributed by atoms with Gasteiger partial charge in [-0.3, -0.25) is 14.4 Å². The van der Waals surface area contributed by atoms with Crippen molar-refractivity contribution in [3.63, 3.8) is 0 Å². The number of nitrogens with zero attached hydrogens (tertiary/aromatic N) is 1. The number of unbranched alkanes of at least 4 members (excludes halogenated alkanes) is 2. The Morgan fingerprint density at radius 3 is 2.68 bits per heavy atom. The van der Waals surface area contributed by atoms with Crippen molar-refractivity contribution >= 4 is 17.7 Å². The predicted octanol–water partition coefficient (Wildman–Crippen LogP) is 1.35. The summed E-state index contributed by atoms with van der Waals surface area (Å²) in [7, 11) is 0. The van der Waals surface area contributed by atoms with E-state index in [4.69, 9.17) is 9.84 Å². The molecule has 3 amide bonds. The zero-order valence-corrected chi connectivity index (χ0v) is 19.2. The Balaban J connectivity index is 1.86. The van der Waals surface area contributed by atoms with Gasteiger partial charge in [-0.15, -0.1) is 0 Å².